The number of thiophene rings is 1. The number of hydrogen-bond donors (Lipinski definition) is 1. The van der Waals surface area contributed by atoms with Crippen molar-refractivity contribution in [2.75, 3.05) is 6.54 Å². The first-order chi connectivity index (χ1) is 10.0. The minimum absolute atomic E-state index is 0.103. The van der Waals surface area contributed by atoms with E-state index in [9.17, 15) is 4.79 Å². The van der Waals surface area contributed by atoms with E-state index in [4.69, 9.17) is 4.74 Å². The molecular weight excluding hydrogens is 418 g/mol. The molecule has 6 heteroatoms. The molecule has 1 N–H and O–H groups in total. The average Bonchev–Trinajstić information content (AvgIpc) is 2.87. The molecule has 1 atom stereocenters. The fourth-order valence-corrected chi connectivity index (χ4v) is 3.46. The number of halogens is 2. The standard InChI is InChI=1S/C15H15Br2NO2S/c1-10(20-12-4-2-11(16)3-5-12)15(19)18-9-8-13-6-7-14(17)21-13/h2-7,10H,8-9H2,1H3,(H,18,19). The van der Waals surface area contributed by atoms with Crippen molar-refractivity contribution >= 4 is 49.1 Å². The van der Waals surface area contributed by atoms with Crippen molar-refractivity contribution in [2.45, 2.75) is 19.4 Å². The van der Waals surface area contributed by atoms with Crippen LogP contribution in [-0.4, -0.2) is 18.6 Å². The Hall–Kier alpha value is -0.850. The van der Waals surface area contributed by atoms with E-state index in [2.05, 4.69) is 43.2 Å². The molecule has 0 fully saturated rings. The van der Waals surface area contributed by atoms with E-state index >= 15 is 0 Å². The molecule has 0 aliphatic rings. The molecule has 0 bridgehead atoms. The molecule has 1 aromatic carbocycles. The van der Waals surface area contributed by atoms with Gasteiger partial charge in [-0.15, -0.1) is 11.3 Å². The molecule has 0 aliphatic heterocycles. The maximum Gasteiger partial charge on any atom is 0.260 e. The second-order valence-electron chi connectivity index (χ2n) is 4.46. The third-order valence-corrected chi connectivity index (χ3v) is 5.01. The molecule has 1 heterocycles. The van der Waals surface area contributed by atoms with Crippen molar-refractivity contribution < 1.29 is 9.53 Å². The van der Waals surface area contributed by atoms with E-state index in [1.807, 2.05) is 30.3 Å². The monoisotopic (exact) mass is 431 g/mol. The molecule has 0 radical (unpaired) electrons. The molecule has 1 unspecified atom stereocenters. The maximum atomic E-state index is 12.0. The van der Waals surface area contributed by atoms with Crippen LogP contribution in [0.2, 0.25) is 0 Å². The lowest BCUT2D eigenvalue weighted by Gasteiger charge is -2.14. The van der Waals surface area contributed by atoms with Crippen LogP contribution in [0.4, 0.5) is 0 Å². The third-order valence-electron chi connectivity index (χ3n) is 2.80. The lowest BCUT2D eigenvalue weighted by molar-refractivity contribution is -0.127. The Labute approximate surface area is 145 Å². The molecule has 2 rings (SSSR count). The lowest BCUT2D eigenvalue weighted by atomic mass is 10.3. The predicted octanol–water partition coefficient (Wildman–Crippen LogP) is 4.40. The Morgan fingerprint density at radius 1 is 1.24 bits per heavy atom. The van der Waals surface area contributed by atoms with Crippen LogP contribution in [0, 0.1) is 0 Å². The quantitative estimate of drug-likeness (QED) is 0.734. The molecule has 3 nitrogen and oxygen atoms in total. The zero-order chi connectivity index (χ0) is 15.2. The van der Waals surface area contributed by atoms with Gasteiger partial charge in [0.15, 0.2) is 6.10 Å². The Morgan fingerprint density at radius 3 is 2.57 bits per heavy atom. The minimum atomic E-state index is -0.513. The van der Waals surface area contributed by atoms with Crippen LogP contribution in [0.25, 0.3) is 0 Å². The molecule has 1 amide bonds. The van der Waals surface area contributed by atoms with Gasteiger partial charge in [-0.05, 0) is 65.7 Å². The fourth-order valence-electron chi connectivity index (χ4n) is 1.71. The van der Waals surface area contributed by atoms with Gasteiger partial charge >= 0.3 is 0 Å². The van der Waals surface area contributed by atoms with Gasteiger partial charge in [-0.3, -0.25) is 4.79 Å². The van der Waals surface area contributed by atoms with Crippen molar-refractivity contribution in [1.82, 2.24) is 5.32 Å². The van der Waals surface area contributed by atoms with Gasteiger partial charge in [-0.1, -0.05) is 15.9 Å². The number of carbonyl (C=O) groups is 1. The molecule has 112 valence electrons. The van der Waals surface area contributed by atoms with Crippen LogP contribution in [0.15, 0.2) is 44.7 Å². The van der Waals surface area contributed by atoms with Crippen LogP contribution in [0.1, 0.15) is 11.8 Å². The van der Waals surface area contributed by atoms with Crippen molar-refractivity contribution in [3.63, 3.8) is 0 Å². The van der Waals surface area contributed by atoms with Crippen molar-refractivity contribution in [3.8, 4) is 5.75 Å². The smallest absolute Gasteiger partial charge is 0.260 e. The lowest BCUT2D eigenvalue weighted by Crippen LogP contribution is -2.37. The topological polar surface area (TPSA) is 38.3 Å². The van der Waals surface area contributed by atoms with E-state index in [0.717, 1.165) is 14.7 Å². The van der Waals surface area contributed by atoms with Crippen LogP contribution in [0.5, 0.6) is 5.75 Å². The first-order valence-electron chi connectivity index (χ1n) is 6.49. The van der Waals surface area contributed by atoms with Gasteiger partial charge in [-0.2, -0.15) is 0 Å². The van der Waals surface area contributed by atoms with Gasteiger partial charge in [0, 0.05) is 15.9 Å². The fraction of sp³-hybridized carbons (Fsp3) is 0.267. The largest absolute Gasteiger partial charge is 0.481 e. The van der Waals surface area contributed by atoms with Crippen molar-refractivity contribution in [1.29, 1.82) is 0 Å². The number of amides is 1. The summed E-state index contributed by atoms with van der Waals surface area (Å²) in [6.45, 7) is 2.36. The van der Waals surface area contributed by atoms with Crippen LogP contribution in [-0.2, 0) is 11.2 Å². The molecule has 1 aromatic heterocycles. The molecule has 0 saturated carbocycles. The third kappa shape index (κ3) is 5.45. The number of carbonyl (C=O) groups excluding carboxylic acids is 1. The number of ether oxygens (including phenoxy) is 1. The van der Waals surface area contributed by atoms with Crippen LogP contribution >= 0.6 is 43.2 Å². The molecule has 0 saturated heterocycles. The van der Waals surface area contributed by atoms with Gasteiger partial charge in [0.1, 0.15) is 5.75 Å². The van der Waals surface area contributed by atoms with Crippen LogP contribution in [0.3, 0.4) is 0 Å². The molecule has 21 heavy (non-hydrogen) atoms. The Balaban J connectivity index is 1.75. The highest BCUT2D eigenvalue weighted by Gasteiger charge is 2.14. The molecule has 2 aromatic rings. The zero-order valence-electron chi connectivity index (χ0n) is 11.4. The van der Waals surface area contributed by atoms with Gasteiger partial charge < -0.3 is 10.1 Å². The first-order valence-corrected chi connectivity index (χ1v) is 8.89. The number of nitrogens with one attached hydrogen (secondary N) is 1. The highest BCUT2D eigenvalue weighted by Crippen LogP contribution is 2.22. The number of benzene rings is 1. The maximum absolute atomic E-state index is 12.0. The normalized spacial score (nSPS) is 12.0. The first kappa shape index (κ1) is 16.5. The van der Waals surface area contributed by atoms with E-state index < -0.39 is 6.10 Å². The number of hydrogen-bond acceptors (Lipinski definition) is 3. The summed E-state index contributed by atoms with van der Waals surface area (Å²) >= 11 is 8.47. The molecule has 0 spiro atoms. The summed E-state index contributed by atoms with van der Waals surface area (Å²) in [5, 5.41) is 2.89. The van der Waals surface area contributed by atoms with Gasteiger partial charge in [-0.25, -0.2) is 0 Å². The van der Waals surface area contributed by atoms with E-state index in [1.54, 1.807) is 18.3 Å². The Morgan fingerprint density at radius 2 is 1.95 bits per heavy atom. The van der Waals surface area contributed by atoms with Crippen LogP contribution < -0.4 is 10.1 Å². The van der Waals surface area contributed by atoms with Gasteiger partial charge in [0.25, 0.3) is 5.91 Å². The highest BCUT2D eigenvalue weighted by molar-refractivity contribution is 9.11. The number of rotatable bonds is 6. The second-order valence-corrected chi connectivity index (χ2v) is 7.92. The van der Waals surface area contributed by atoms with E-state index in [0.29, 0.717) is 12.3 Å². The summed E-state index contributed by atoms with van der Waals surface area (Å²) in [6.07, 6.45) is 0.314. The predicted molar refractivity (Wildman–Crippen MR) is 93.0 cm³/mol. The molecular formula is C15H15Br2NO2S. The Bertz CT molecular complexity index is 598. The van der Waals surface area contributed by atoms with E-state index in [1.165, 1.54) is 4.88 Å². The summed E-state index contributed by atoms with van der Waals surface area (Å²) in [4.78, 5) is 13.2. The second kappa shape index (κ2) is 7.96. The van der Waals surface area contributed by atoms with E-state index in [-0.39, 0.29) is 5.91 Å². The summed E-state index contributed by atoms with van der Waals surface area (Å²) in [7, 11) is 0. The van der Waals surface area contributed by atoms with Crippen molar-refractivity contribution in [2.24, 2.45) is 0 Å². The summed E-state index contributed by atoms with van der Waals surface area (Å²) in [6, 6.07) is 11.5. The summed E-state index contributed by atoms with van der Waals surface area (Å²) in [5.41, 5.74) is 0. The summed E-state index contributed by atoms with van der Waals surface area (Å²) < 4.78 is 7.69. The molecule has 0 aliphatic carbocycles. The van der Waals surface area contributed by atoms with Gasteiger partial charge in [0.2, 0.25) is 0 Å². The minimum Gasteiger partial charge on any atom is -0.481 e. The Kier molecular flexibility index (Phi) is 6.26. The average molecular weight is 433 g/mol. The highest BCUT2D eigenvalue weighted by atomic mass is 79.9. The summed E-state index contributed by atoms with van der Waals surface area (Å²) in [5.74, 6) is 0.580. The SMILES string of the molecule is CC(Oc1ccc(Br)cc1)C(=O)NCCc1ccc(Br)s1. The zero-order valence-corrected chi connectivity index (χ0v) is 15.4. The van der Waals surface area contributed by atoms with Crippen molar-refractivity contribution in [3.05, 3.63) is 49.5 Å². The van der Waals surface area contributed by atoms with Gasteiger partial charge in [0.05, 0.1) is 3.79 Å².